The van der Waals surface area contributed by atoms with Crippen molar-refractivity contribution >= 4 is 44.1 Å². The summed E-state index contributed by atoms with van der Waals surface area (Å²) >= 11 is 1.20. The quantitative estimate of drug-likeness (QED) is 0.333. The summed E-state index contributed by atoms with van der Waals surface area (Å²) in [5, 5.41) is 15.8. The molecule has 1 aliphatic rings. The number of aromatic nitrogens is 1. The number of aryl methyl sites for hydroxylation is 1. The number of nitro benzene ring substituents is 1. The Bertz CT molecular complexity index is 1150. The maximum Gasteiger partial charge on any atom is 0.311 e. The van der Waals surface area contributed by atoms with Crippen LogP contribution in [-0.2, 0) is 30.8 Å². The highest BCUT2D eigenvalue weighted by Crippen LogP contribution is 2.29. The Morgan fingerprint density at radius 1 is 1.33 bits per heavy atom. The van der Waals surface area contributed by atoms with Crippen molar-refractivity contribution in [3.8, 4) is 0 Å². The van der Waals surface area contributed by atoms with E-state index in [9.17, 15) is 28.1 Å². The molecule has 0 bridgehead atoms. The van der Waals surface area contributed by atoms with Crippen molar-refractivity contribution in [2.45, 2.75) is 38.0 Å². The number of nitro groups is 1. The third-order valence-corrected chi connectivity index (χ3v) is 8.08. The van der Waals surface area contributed by atoms with Crippen LogP contribution in [0.4, 0.5) is 10.8 Å². The summed E-state index contributed by atoms with van der Waals surface area (Å²) in [4.78, 5) is 38.7. The Balaban J connectivity index is 1.60. The van der Waals surface area contributed by atoms with Crippen molar-refractivity contribution in [1.82, 2.24) is 9.29 Å². The van der Waals surface area contributed by atoms with Crippen LogP contribution in [0.25, 0.3) is 0 Å². The normalized spacial score (nSPS) is 15.2. The fourth-order valence-electron chi connectivity index (χ4n) is 3.49. The van der Waals surface area contributed by atoms with E-state index < -0.39 is 26.8 Å². The average Bonchev–Trinajstić information content (AvgIpc) is 3.20. The molecule has 0 saturated carbocycles. The van der Waals surface area contributed by atoms with Crippen LogP contribution in [0.1, 0.15) is 31.0 Å². The van der Waals surface area contributed by atoms with Gasteiger partial charge in [-0.25, -0.2) is 13.4 Å². The van der Waals surface area contributed by atoms with Gasteiger partial charge < -0.3 is 10.1 Å². The molecule has 1 aromatic carbocycles. The Labute approximate surface area is 195 Å². The van der Waals surface area contributed by atoms with E-state index in [2.05, 4.69) is 10.3 Å². The molecule has 0 aliphatic carbocycles. The SMILES string of the molecule is CCOC(=O)Cc1csc(NC(=O)C2CCN(S(=O)(=O)c3cc([N+](=O)[O-])ccc3C)CC2)n1. The van der Waals surface area contributed by atoms with E-state index in [4.69, 9.17) is 4.74 Å². The molecule has 11 nitrogen and oxygen atoms in total. The fraction of sp³-hybridized carbons (Fsp3) is 0.450. The standard InChI is InChI=1S/C20H24N4O7S2/c1-3-31-18(25)10-15-12-32-20(21-15)22-19(26)14-6-8-23(9-7-14)33(29,30)17-11-16(24(27)28)5-4-13(17)2/h4-5,11-12,14H,3,6-10H2,1-2H3,(H,21,22,26). The molecule has 2 aromatic rings. The Hall–Kier alpha value is -2.90. The van der Waals surface area contributed by atoms with E-state index in [-0.39, 0.29) is 42.6 Å². The minimum absolute atomic E-state index is 0.0214. The highest BCUT2D eigenvalue weighted by atomic mass is 32.2. The minimum atomic E-state index is -3.93. The molecule has 178 valence electrons. The summed E-state index contributed by atoms with van der Waals surface area (Å²) in [6, 6.07) is 3.75. The lowest BCUT2D eigenvalue weighted by molar-refractivity contribution is -0.385. The molecule has 0 atom stereocenters. The maximum atomic E-state index is 13.0. The van der Waals surface area contributed by atoms with Gasteiger partial charge >= 0.3 is 5.97 Å². The number of rotatable bonds is 8. The third-order valence-electron chi connectivity index (χ3n) is 5.24. The van der Waals surface area contributed by atoms with Crippen molar-refractivity contribution in [3.05, 3.63) is 45.0 Å². The van der Waals surface area contributed by atoms with Crippen LogP contribution in [-0.4, -0.2) is 54.2 Å². The zero-order valence-electron chi connectivity index (χ0n) is 18.1. The minimum Gasteiger partial charge on any atom is -0.466 e. The number of ether oxygens (including phenoxy) is 1. The molecule has 1 saturated heterocycles. The van der Waals surface area contributed by atoms with Crippen molar-refractivity contribution < 1.29 is 27.7 Å². The van der Waals surface area contributed by atoms with Crippen LogP contribution < -0.4 is 5.32 Å². The molecule has 1 N–H and O–H groups in total. The number of non-ortho nitro benzene ring substituents is 1. The van der Waals surface area contributed by atoms with Gasteiger partial charge in [0, 0.05) is 36.5 Å². The van der Waals surface area contributed by atoms with Crippen LogP contribution in [0.15, 0.2) is 28.5 Å². The van der Waals surface area contributed by atoms with E-state index in [0.717, 1.165) is 6.07 Å². The van der Waals surface area contributed by atoms with Crippen LogP contribution in [0.5, 0.6) is 0 Å². The number of piperidine rings is 1. The zero-order chi connectivity index (χ0) is 24.2. The van der Waals surface area contributed by atoms with E-state index >= 15 is 0 Å². The largest absolute Gasteiger partial charge is 0.466 e. The first-order chi connectivity index (χ1) is 15.6. The maximum absolute atomic E-state index is 13.0. The number of anilines is 1. The summed E-state index contributed by atoms with van der Waals surface area (Å²) in [5.41, 5.74) is 0.629. The van der Waals surface area contributed by atoms with Gasteiger partial charge in [-0.2, -0.15) is 4.31 Å². The first-order valence-corrected chi connectivity index (χ1v) is 12.6. The van der Waals surface area contributed by atoms with Gasteiger partial charge in [-0.1, -0.05) is 6.07 Å². The van der Waals surface area contributed by atoms with Gasteiger partial charge in [-0.3, -0.25) is 19.7 Å². The lowest BCUT2D eigenvalue weighted by Crippen LogP contribution is -2.41. The Kier molecular flexibility index (Phi) is 7.76. The Morgan fingerprint density at radius 2 is 2.03 bits per heavy atom. The van der Waals surface area contributed by atoms with E-state index in [1.165, 1.54) is 27.8 Å². The zero-order valence-corrected chi connectivity index (χ0v) is 19.8. The molecule has 3 rings (SSSR count). The summed E-state index contributed by atoms with van der Waals surface area (Å²) in [5.74, 6) is -1.07. The summed E-state index contributed by atoms with van der Waals surface area (Å²) in [6.07, 6.45) is 0.633. The second kappa shape index (κ2) is 10.4. The second-order valence-corrected chi connectivity index (χ2v) is 10.3. The van der Waals surface area contributed by atoms with Gasteiger partial charge in [-0.15, -0.1) is 11.3 Å². The van der Waals surface area contributed by atoms with Crippen molar-refractivity contribution in [2.75, 3.05) is 25.0 Å². The number of nitrogens with one attached hydrogen (secondary N) is 1. The van der Waals surface area contributed by atoms with Crippen molar-refractivity contribution in [3.63, 3.8) is 0 Å². The number of carbonyl (C=O) groups excluding carboxylic acids is 2. The summed E-state index contributed by atoms with van der Waals surface area (Å²) < 4.78 is 32.2. The molecule has 1 aliphatic heterocycles. The van der Waals surface area contributed by atoms with Gasteiger partial charge in [0.1, 0.15) is 0 Å². The van der Waals surface area contributed by atoms with Gasteiger partial charge in [0.25, 0.3) is 5.69 Å². The van der Waals surface area contributed by atoms with Crippen LogP contribution in [0.2, 0.25) is 0 Å². The summed E-state index contributed by atoms with van der Waals surface area (Å²) in [6.45, 7) is 3.82. The topological polar surface area (TPSA) is 149 Å². The molecule has 0 radical (unpaired) electrons. The van der Waals surface area contributed by atoms with Crippen molar-refractivity contribution in [2.24, 2.45) is 5.92 Å². The first-order valence-electron chi connectivity index (χ1n) is 10.3. The van der Waals surface area contributed by atoms with E-state index in [1.54, 1.807) is 19.2 Å². The van der Waals surface area contributed by atoms with Gasteiger partial charge in [0.05, 0.1) is 28.5 Å². The molecule has 2 heterocycles. The van der Waals surface area contributed by atoms with Crippen LogP contribution in [0.3, 0.4) is 0 Å². The van der Waals surface area contributed by atoms with Crippen LogP contribution >= 0.6 is 11.3 Å². The van der Waals surface area contributed by atoms with E-state index in [1.807, 2.05) is 0 Å². The fourth-order valence-corrected chi connectivity index (χ4v) is 5.92. The first kappa shape index (κ1) is 24.7. The average molecular weight is 497 g/mol. The molecule has 1 fully saturated rings. The molecule has 13 heteroatoms. The number of carbonyl (C=O) groups is 2. The van der Waals surface area contributed by atoms with Gasteiger partial charge in [0.15, 0.2) is 5.13 Å². The molecule has 0 unspecified atom stereocenters. The molecule has 1 aromatic heterocycles. The number of esters is 1. The highest BCUT2D eigenvalue weighted by molar-refractivity contribution is 7.89. The predicted octanol–water partition coefficient (Wildman–Crippen LogP) is 2.50. The lowest BCUT2D eigenvalue weighted by Gasteiger charge is -2.30. The van der Waals surface area contributed by atoms with Crippen LogP contribution in [0, 0.1) is 23.0 Å². The monoisotopic (exact) mass is 496 g/mol. The molecular weight excluding hydrogens is 472 g/mol. The predicted molar refractivity (Wildman–Crippen MR) is 120 cm³/mol. The van der Waals surface area contributed by atoms with E-state index in [0.29, 0.717) is 29.2 Å². The number of sulfonamides is 1. The summed E-state index contributed by atoms with van der Waals surface area (Å²) in [7, 11) is -3.93. The lowest BCUT2D eigenvalue weighted by atomic mass is 9.97. The third kappa shape index (κ3) is 5.92. The number of nitrogens with zero attached hydrogens (tertiary/aromatic N) is 3. The molecule has 0 spiro atoms. The second-order valence-electron chi connectivity index (χ2n) is 7.50. The number of hydrogen-bond donors (Lipinski definition) is 1. The number of amides is 1. The number of hydrogen-bond acceptors (Lipinski definition) is 9. The molecule has 1 amide bonds. The molecule has 33 heavy (non-hydrogen) atoms. The highest BCUT2D eigenvalue weighted by Gasteiger charge is 2.34. The number of thiazole rings is 1. The van der Waals surface area contributed by atoms with Gasteiger partial charge in [0.2, 0.25) is 15.9 Å². The van der Waals surface area contributed by atoms with Gasteiger partial charge in [-0.05, 0) is 32.3 Å². The molecular formula is C20H24N4O7S2. The Morgan fingerprint density at radius 3 is 2.67 bits per heavy atom. The smallest absolute Gasteiger partial charge is 0.311 e. The van der Waals surface area contributed by atoms with Crippen molar-refractivity contribution in [1.29, 1.82) is 0 Å². The number of benzene rings is 1.